The van der Waals surface area contributed by atoms with Gasteiger partial charge in [-0.3, -0.25) is 4.79 Å². The second-order valence-electron chi connectivity index (χ2n) is 4.76. The van der Waals surface area contributed by atoms with Crippen molar-refractivity contribution in [1.29, 1.82) is 0 Å². The summed E-state index contributed by atoms with van der Waals surface area (Å²) in [5.41, 5.74) is 0. The number of likely N-dealkylation sites (tertiary alicyclic amines) is 1. The number of esters is 1. The second kappa shape index (κ2) is 6.95. The summed E-state index contributed by atoms with van der Waals surface area (Å²) in [5, 5.41) is 3.19. The molecule has 104 valence electrons. The summed E-state index contributed by atoms with van der Waals surface area (Å²) in [6, 6.07) is -0.359. The van der Waals surface area contributed by atoms with Crippen molar-refractivity contribution in [3.05, 3.63) is 0 Å². The van der Waals surface area contributed by atoms with Gasteiger partial charge in [0.15, 0.2) is 0 Å². The van der Waals surface area contributed by atoms with E-state index in [9.17, 15) is 9.59 Å². The summed E-state index contributed by atoms with van der Waals surface area (Å²) < 4.78 is 4.78. The van der Waals surface area contributed by atoms with E-state index < -0.39 is 0 Å². The van der Waals surface area contributed by atoms with Crippen molar-refractivity contribution >= 4 is 24.3 Å². The standard InChI is InChI=1S/C12H20N2O3.ClH/c1-17-12(16)10-4-2-3-7-14(10)11(15)9-5-6-13-8-9;/h9-10,13H,2-8H2,1H3;1H. The third kappa shape index (κ3) is 3.14. The number of halogens is 1. The third-order valence-corrected chi connectivity index (χ3v) is 3.67. The predicted molar refractivity (Wildman–Crippen MR) is 69.6 cm³/mol. The Kier molecular flexibility index (Phi) is 5.88. The molecule has 5 nitrogen and oxygen atoms in total. The molecule has 0 bridgehead atoms. The molecule has 2 aliphatic heterocycles. The van der Waals surface area contributed by atoms with E-state index in [1.807, 2.05) is 0 Å². The van der Waals surface area contributed by atoms with Gasteiger partial charge >= 0.3 is 5.97 Å². The van der Waals surface area contributed by atoms with Crippen LogP contribution in [0.1, 0.15) is 25.7 Å². The molecule has 1 amide bonds. The molecule has 2 fully saturated rings. The first-order valence-electron chi connectivity index (χ1n) is 6.33. The number of amides is 1. The summed E-state index contributed by atoms with van der Waals surface area (Å²) in [4.78, 5) is 25.7. The summed E-state index contributed by atoms with van der Waals surface area (Å²) in [5.74, 6) is -0.116. The minimum atomic E-state index is -0.359. The molecule has 18 heavy (non-hydrogen) atoms. The van der Waals surface area contributed by atoms with Crippen LogP contribution in [0.15, 0.2) is 0 Å². The molecule has 0 spiro atoms. The molecule has 2 aliphatic rings. The molecule has 0 aromatic rings. The summed E-state index contributed by atoms with van der Waals surface area (Å²) >= 11 is 0. The van der Waals surface area contributed by atoms with Crippen molar-refractivity contribution in [1.82, 2.24) is 10.2 Å². The fourth-order valence-corrected chi connectivity index (χ4v) is 2.68. The van der Waals surface area contributed by atoms with Crippen LogP contribution in [0.4, 0.5) is 0 Å². The van der Waals surface area contributed by atoms with E-state index in [4.69, 9.17) is 4.74 Å². The van der Waals surface area contributed by atoms with Crippen molar-refractivity contribution in [2.75, 3.05) is 26.7 Å². The number of nitrogens with one attached hydrogen (secondary N) is 1. The first-order chi connectivity index (χ1) is 8.24. The van der Waals surface area contributed by atoms with Gasteiger partial charge in [-0.05, 0) is 32.2 Å². The van der Waals surface area contributed by atoms with Gasteiger partial charge < -0.3 is 15.0 Å². The molecule has 0 saturated carbocycles. The molecule has 2 heterocycles. The van der Waals surface area contributed by atoms with Crippen molar-refractivity contribution < 1.29 is 14.3 Å². The molecule has 2 unspecified atom stereocenters. The van der Waals surface area contributed by atoms with Gasteiger partial charge in [0.1, 0.15) is 6.04 Å². The lowest BCUT2D eigenvalue weighted by Crippen LogP contribution is -2.50. The zero-order valence-electron chi connectivity index (χ0n) is 10.7. The van der Waals surface area contributed by atoms with Crippen LogP contribution < -0.4 is 5.32 Å². The number of rotatable bonds is 2. The number of methoxy groups -OCH3 is 1. The molecule has 2 rings (SSSR count). The molecule has 0 aliphatic carbocycles. The molecular formula is C12H21ClN2O3. The number of nitrogens with zero attached hydrogens (tertiary/aromatic N) is 1. The highest BCUT2D eigenvalue weighted by Gasteiger charge is 2.36. The van der Waals surface area contributed by atoms with E-state index in [1.165, 1.54) is 7.11 Å². The Labute approximate surface area is 114 Å². The Morgan fingerprint density at radius 3 is 2.67 bits per heavy atom. The molecule has 0 aromatic heterocycles. The molecule has 2 saturated heterocycles. The fourth-order valence-electron chi connectivity index (χ4n) is 2.68. The molecular weight excluding hydrogens is 256 g/mol. The van der Waals surface area contributed by atoms with Crippen LogP contribution in [0.25, 0.3) is 0 Å². The highest BCUT2D eigenvalue weighted by Crippen LogP contribution is 2.22. The lowest BCUT2D eigenvalue weighted by Gasteiger charge is -2.35. The molecule has 1 N–H and O–H groups in total. The van der Waals surface area contributed by atoms with Gasteiger partial charge in [0, 0.05) is 13.1 Å². The number of ether oxygens (including phenoxy) is 1. The summed E-state index contributed by atoms with van der Waals surface area (Å²) in [6.45, 7) is 2.32. The van der Waals surface area contributed by atoms with Gasteiger partial charge in [-0.25, -0.2) is 4.79 Å². The molecule has 6 heteroatoms. The van der Waals surface area contributed by atoms with Crippen LogP contribution in [0, 0.1) is 5.92 Å². The average molecular weight is 277 g/mol. The minimum Gasteiger partial charge on any atom is -0.467 e. The van der Waals surface area contributed by atoms with Gasteiger partial charge in [-0.1, -0.05) is 0 Å². The van der Waals surface area contributed by atoms with Crippen LogP contribution in [0.2, 0.25) is 0 Å². The fraction of sp³-hybridized carbons (Fsp3) is 0.833. The Balaban J connectivity index is 0.00000162. The maximum atomic E-state index is 12.3. The third-order valence-electron chi connectivity index (χ3n) is 3.67. The van der Waals surface area contributed by atoms with E-state index >= 15 is 0 Å². The van der Waals surface area contributed by atoms with Crippen LogP contribution >= 0.6 is 12.4 Å². The maximum Gasteiger partial charge on any atom is 0.328 e. The Hall–Kier alpha value is -0.810. The normalized spacial score (nSPS) is 27.5. The Bertz CT molecular complexity index is 306. The van der Waals surface area contributed by atoms with E-state index in [-0.39, 0.29) is 36.2 Å². The largest absolute Gasteiger partial charge is 0.467 e. The zero-order chi connectivity index (χ0) is 12.3. The van der Waals surface area contributed by atoms with Crippen LogP contribution in [0.5, 0.6) is 0 Å². The average Bonchev–Trinajstić information content (AvgIpc) is 2.91. The molecule has 0 radical (unpaired) electrons. The van der Waals surface area contributed by atoms with Crippen LogP contribution in [-0.4, -0.2) is 49.6 Å². The first kappa shape index (κ1) is 15.2. The van der Waals surface area contributed by atoms with Gasteiger partial charge in [0.25, 0.3) is 0 Å². The van der Waals surface area contributed by atoms with E-state index in [2.05, 4.69) is 5.32 Å². The van der Waals surface area contributed by atoms with Crippen molar-refractivity contribution in [3.63, 3.8) is 0 Å². The number of piperidine rings is 1. The number of carbonyl (C=O) groups is 2. The van der Waals surface area contributed by atoms with Crippen molar-refractivity contribution in [2.45, 2.75) is 31.7 Å². The number of hydrogen-bond donors (Lipinski definition) is 1. The quantitative estimate of drug-likeness (QED) is 0.750. The molecule has 2 atom stereocenters. The summed E-state index contributed by atoms with van der Waals surface area (Å²) in [6.07, 6.45) is 3.59. The van der Waals surface area contributed by atoms with E-state index in [0.29, 0.717) is 6.54 Å². The van der Waals surface area contributed by atoms with E-state index in [1.54, 1.807) is 4.90 Å². The van der Waals surface area contributed by atoms with Crippen LogP contribution in [-0.2, 0) is 14.3 Å². The topological polar surface area (TPSA) is 58.6 Å². The zero-order valence-corrected chi connectivity index (χ0v) is 11.5. The lowest BCUT2D eigenvalue weighted by molar-refractivity contribution is -0.156. The second-order valence-corrected chi connectivity index (χ2v) is 4.76. The predicted octanol–water partition coefficient (Wildman–Crippen LogP) is 0.572. The van der Waals surface area contributed by atoms with Gasteiger partial charge in [0.05, 0.1) is 13.0 Å². The molecule has 0 aromatic carbocycles. The summed E-state index contributed by atoms with van der Waals surface area (Å²) in [7, 11) is 1.39. The highest BCUT2D eigenvalue weighted by atomic mass is 35.5. The van der Waals surface area contributed by atoms with Gasteiger partial charge in [0.2, 0.25) is 5.91 Å². The Morgan fingerprint density at radius 1 is 1.28 bits per heavy atom. The van der Waals surface area contributed by atoms with E-state index in [0.717, 1.165) is 38.8 Å². The minimum absolute atomic E-state index is 0. The Morgan fingerprint density at radius 2 is 2.06 bits per heavy atom. The number of carbonyl (C=O) groups excluding carboxylic acids is 2. The van der Waals surface area contributed by atoms with Gasteiger partial charge in [-0.15, -0.1) is 12.4 Å². The van der Waals surface area contributed by atoms with Crippen molar-refractivity contribution in [3.8, 4) is 0 Å². The first-order valence-corrected chi connectivity index (χ1v) is 6.33. The maximum absolute atomic E-state index is 12.3. The van der Waals surface area contributed by atoms with Crippen molar-refractivity contribution in [2.24, 2.45) is 5.92 Å². The van der Waals surface area contributed by atoms with Gasteiger partial charge in [-0.2, -0.15) is 0 Å². The van der Waals surface area contributed by atoms with Crippen LogP contribution in [0.3, 0.4) is 0 Å². The number of hydrogen-bond acceptors (Lipinski definition) is 4. The lowest BCUT2D eigenvalue weighted by atomic mass is 9.98. The monoisotopic (exact) mass is 276 g/mol. The SMILES string of the molecule is COC(=O)C1CCCCN1C(=O)C1CCNC1.Cl. The smallest absolute Gasteiger partial charge is 0.328 e. The highest BCUT2D eigenvalue weighted by molar-refractivity contribution is 5.86.